The van der Waals surface area contributed by atoms with Gasteiger partial charge < -0.3 is 4.74 Å². The Labute approximate surface area is 106 Å². The van der Waals surface area contributed by atoms with Crippen molar-refractivity contribution in [3.8, 4) is 6.07 Å². The monoisotopic (exact) mass is 267 g/mol. The number of nitrogens with one attached hydrogen (secondary N) is 1. The molecule has 0 atom stereocenters. The highest BCUT2D eigenvalue weighted by molar-refractivity contribution is 7.89. The van der Waals surface area contributed by atoms with E-state index in [0.29, 0.717) is 26.1 Å². The van der Waals surface area contributed by atoms with Crippen molar-refractivity contribution in [1.82, 2.24) is 9.71 Å². The van der Waals surface area contributed by atoms with Crippen LogP contribution in [0.3, 0.4) is 0 Å². The van der Waals surface area contributed by atoms with E-state index in [1.54, 1.807) is 0 Å². The number of pyridine rings is 1. The number of nitrogens with zero attached hydrogens (tertiary/aromatic N) is 2. The van der Waals surface area contributed by atoms with Gasteiger partial charge in [-0.25, -0.2) is 18.1 Å². The second kappa shape index (κ2) is 5.44. The smallest absolute Gasteiger partial charge is 0.242 e. The lowest BCUT2D eigenvalue weighted by atomic mass is 10.1. The van der Waals surface area contributed by atoms with Crippen molar-refractivity contribution in [2.75, 3.05) is 13.2 Å². The first-order valence-electron chi connectivity index (χ1n) is 5.58. The Kier molecular flexibility index (Phi) is 3.91. The predicted molar refractivity (Wildman–Crippen MR) is 63.1 cm³/mol. The highest BCUT2D eigenvalue weighted by Gasteiger charge is 2.22. The first-order valence-corrected chi connectivity index (χ1v) is 7.06. The van der Waals surface area contributed by atoms with Crippen molar-refractivity contribution in [2.45, 2.75) is 23.8 Å². The SMILES string of the molecule is N#Cc1ccc(S(=O)(=O)NC2CCOCC2)cn1. The Morgan fingerprint density at radius 3 is 2.67 bits per heavy atom. The number of rotatable bonds is 3. The zero-order valence-corrected chi connectivity index (χ0v) is 10.5. The van der Waals surface area contributed by atoms with E-state index in [2.05, 4.69) is 9.71 Å². The Bertz CT molecular complexity index is 542. The van der Waals surface area contributed by atoms with Gasteiger partial charge in [0.25, 0.3) is 0 Å². The number of hydrogen-bond acceptors (Lipinski definition) is 5. The Balaban J connectivity index is 2.12. The first kappa shape index (κ1) is 13.0. The van der Waals surface area contributed by atoms with Crippen LogP contribution in [-0.4, -0.2) is 32.7 Å². The number of hydrogen-bond donors (Lipinski definition) is 1. The molecule has 1 aromatic heterocycles. The molecule has 2 rings (SSSR count). The normalized spacial score (nSPS) is 17.3. The zero-order valence-electron chi connectivity index (χ0n) is 9.67. The average molecular weight is 267 g/mol. The first-order chi connectivity index (χ1) is 8.62. The summed E-state index contributed by atoms with van der Waals surface area (Å²) in [7, 11) is -3.56. The summed E-state index contributed by atoms with van der Waals surface area (Å²) in [5, 5.41) is 8.60. The molecule has 0 aliphatic carbocycles. The Morgan fingerprint density at radius 2 is 2.11 bits per heavy atom. The topological polar surface area (TPSA) is 92.1 Å². The van der Waals surface area contributed by atoms with Gasteiger partial charge >= 0.3 is 0 Å². The van der Waals surface area contributed by atoms with E-state index in [0.717, 1.165) is 0 Å². The molecule has 1 N–H and O–H groups in total. The standard InChI is InChI=1S/C11H13N3O3S/c12-7-10-1-2-11(8-13-10)18(15,16)14-9-3-5-17-6-4-9/h1-2,8-9,14H,3-6H2. The minimum absolute atomic E-state index is 0.0768. The second-order valence-corrected chi connectivity index (χ2v) is 5.71. The van der Waals surface area contributed by atoms with E-state index in [-0.39, 0.29) is 16.6 Å². The lowest BCUT2D eigenvalue weighted by Crippen LogP contribution is -2.38. The molecule has 1 aliphatic heterocycles. The van der Waals surface area contributed by atoms with Crippen molar-refractivity contribution in [3.63, 3.8) is 0 Å². The molecule has 0 aromatic carbocycles. The Morgan fingerprint density at radius 1 is 1.39 bits per heavy atom. The molecular weight excluding hydrogens is 254 g/mol. The van der Waals surface area contributed by atoms with Gasteiger partial charge in [-0.1, -0.05) is 0 Å². The quantitative estimate of drug-likeness (QED) is 0.856. The summed E-state index contributed by atoms with van der Waals surface area (Å²) in [5.74, 6) is 0. The van der Waals surface area contributed by atoms with Crippen LogP contribution in [0.5, 0.6) is 0 Å². The molecule has 0 saturated carbocycles. The van der Waals surface area contributed by atoms with Gasteiger partial charge in [-0.05, 0) is 25.0 Å². The molecular formula is C11H13N3O3S. The van der Waals surface area contributed by atoms with Crippen molar-refractivity contribution in [3.05, 3.63) is 24.0 Å². The fraction of sp³-hybridized carbons (Fsp3) is 0.455. The van der Waals surface area contributed by atoms with Gasteiger partial charge in [0.15, 0.2) is 0 Å². The van der Waals surface area contributed by atoms with Crippen LogP contribution in [0.2, 0.25) is 0 Å². The van der Waals surface area contributed by atoms with Crippen LogP contribution in [0.15, 0.2) is 23.2 Å². The molecule has 2 heterocycles. The van der Waals surface area contributed by atoms with E-state index in [4.69, 9.17) is 10.00 Å². The third kappa shape index (κ3) is 3.04. The molecule has 1 saturated heterocycles. The third-order valence-corrected chi connectivity index (χ3v) is 4.21. The zero-order chi connectivity index (χ0) is 13.0. The number of nitriles is 1. The maximum atomic E-state index is 12.0. The minimum atomic E-state index is -3.56. The minimum Gasteiger partial charge on any atom is -0.381 e. The molecule has 1 aromatic rings. The van der Waals surface area contributed by atoms with E-state index in [1.807, 2.05) is 6.07 Å². The van der Waals surface area contributed by atoms with E-state index >= 15 is 0 Å². The summed E-state index contributed by atoms with van der Waals surface area (Å²) in [4.78, 5) is 3.83. The van der Waals surface area contributed by atoms with Gasteiger partial charge in [-0.15, -0.1) is 0 Å². The number of ether oxygens (including phenoxy) is 1. The fourth-order valence-electron chi connectivity index (χ4n) is 1.71. The van der Waals surface area contributed by atoms with Crippen LogP contribution in [-0.2, 0) is 14.8 Å². The van der Waals surface area contributed by atoms with Crippen LogP contribution in [0.1, 0.15) is 18.5 Å². The van der Waals surface area contributed by atoms with Gasteiger partial charge in [0.1, 0.15) is 16.7 Å². The maximum Gasteiger partial charge on any atom is 0.242 e. The molecule has 1 fully saturated rings. The summed E-state index contributed by atoms with van der Waals surface area (Å²) in [6.07, 6.45) is 2.53. The summed E-state index contributed by atoms with van der Waals surface area (Å²) < 4.78 is 31.8. The number of sulfonamides is 1. The molecule has 96 valence electrons. The molecule has 0 bridgehead atoms. The third-order valence-electron chi connectivity index (χ3n) is 2.70. The van der Waals surface area contributed by atoms with Gasteiger partial charge in [0.05, 0.1) is 0 Å². The lowest BCUT2D eigenvalue weighted by molar-refractivity contribution is 0.0832. The van der Waals surface area contributed by atoms with Crippen LogP contribution in [0.4, 0.5) is 0 Å². The molecule has 0 spiro atoms. The average Bonchev–Trinajstić information content (AvgIpc) is 2.39. The van der Waals surface area contributed by atoms with Crippen LogP contribution >= 0.6 is 0 Å². The summed E-state index contributed by atoms with van der Waals surface area (Å²) in [5.41, 5.74) is 0.194. The van der Waals surface area contributed by atoms with Crippen LogP contribution in [0.25, 0.3) is 0 Å². The molecule has 18 heavy (non-hydrogen) atoms. The number of aromatic nitrogens is 1. The summed E-state index contributed by atoms with van der Waals surface area (Å²) >= 11 is 0. The highest BCUT2D eigenvalue weighted by atomic mass is 32.2. The summed E-state index contributed by atoms with van der Waals surface area (Å²) in [6.45, 7) is 1.14. The van der Waals surface area contributed by atoms with Crippen molar-refractivity contribution in [2.24, 2.45) is 0 Å². The predicted octanol–water partition coefficient (Wildman–Crippen LogP) is 0.411. The van der Waals surface area contributed by atoms with E-state index < -0.39 is 10.0 Å². The van der Waals surface area contributed by atoms with Gasteiger partial charge in [0.2, 0.25) is 10.0 Å². The highest BCUT2D eigenvalue weighted by Crippen LogP contribution is 2.12. The largest absolute Gasteiger partial charge is 0.381 e. The van der Waals surface area contributed by atoms with Crippen LogP contribution in [0, 0.1) is 11.3 Å². The van der Waals surface area contributed by atoms with Crippen molar-refractivity contribution >= 4 is 10.0 Å². The molecule has 0 unspecified atom stereocenters. The fourth-order valence-corrected chi connectivity index (χ4v) is 2.96. The van der Waals surface area contributed by atoms with Gasteiger partial charge in [-0.3, -0.25) is 0 Å². The van der Waals surface area contributed by atoms with Gasteiger partial charge in [0, 0.05) is 25.5 Å². The van der Waals surface area contributed by atoms with Gasteiger partial charge in [-0.2, -0.15) is 5.26 Å². The van der Waals surface area contributed by atoms with Crippen LogP contribution < -0.4 is 4.72 Å². The molecule has 1 aliphatic rings. The molecule has 0 radical (unpaired) electrons. The van der Waals surface area contributed by atoms with E-state index in [9.17, 15) is 8.42 Å². The molecule has 7 heteroatoms. The van der Waals surface area contributed by atoms with Crippen molar-refractivity contribution < 1.29 is 13.2 Å². The maximum absolute atomic E-state index is 12.0. The second-order valence-electron chi connectivity index (χ2n) is 4.00. The van der Waals surface area contributed by atoms with E-state index in [1.165, 1.54) is 18.3 Å². The molecule has 0 amide bonds. The lowest BCUT2D eigenvalue weighted by Gasteiger charge is -2.22. The molecule has 6 nitrogen and oxygen atoms in total. The summed E-state index contributed by atoms with van der Waals surface area (Å²) in [6, 6.07) is 4.52. The Hall–Kier alpha value is -1.49. The van der Waals surface area contributed by atoms with Crippen molar-refractivity contribution in [1.29, 1.82) is 5.26 Å².